The number of carbonyl (C=O) groups is 2. The second kappa shape index (κ2) is 9.78. The molecular weight excluding hydrogens is 467 g/mol. The molecule has 0 spiro atoms. The van der Waals surface area contributed by atoms with Gasteiger partial charge in [-0.1, -0.05) is 49.3 Å². The summed E-state index contributed by atoms with van der Waals surface area (Å²) >= 11 is 6.79. The van der Waals surface area contributed by atoms with Crippen LogP contribution in [0.1, 0.15) is 29.8 Å². The van der Waals surface area contributed by atoms with Gasteiger partial charge in [-0.05, 0) is 24.1 Å². The van der Waals surface area contributed by atoms with Gasteiger partial charge in [0.15, 0.2) is 10.8 Å². The molecule has 170 valence electrons. The van der Waals surface area contributed by atoms with Crippen molar-refractivity contribution in [2.75, 3.05) is 17.6 Å². The van der Waals surface area contributed by atoms with Gasteiger partial charge in [-0.3, -0.25) is 14.0 Å². The Labute approximate surface area is 190 Å². The van der Waals surface area contributed by atoms with Crippen LogP contribution in [0.4, 0.5) is 18.9 Å². The fourth-order valence-corrected chi connectivity index (χ4v) is 3.64. The zero-order chi connectivity index (χ0) is 23.5. The van der Waals surface area contributed by atoms with Crippen molar-refractivity contribution in [2.45, 2.75) is 25.2 Å². The van der Waals surface area contributed by atoms with Crippen LogP contribution in [0.25, 0.3) is 5.65 Å². The van der Waals surface area contributed by atoms with Crippen LogP contribution in [0.15, 0.2) is 41.7 Å². The topological polar surface area (TPSA) is 88.4 Å². The van der Waals surface area contributed by atoms with Gasteiger partial charge in [0.1, 0.15) is 0 Å². The number of rotatable bonds is 7. The number of anilines is 1. The number of para-hydroxylation sites is 1. The molecule has 3 aromatic rings. The zero-order valence-corrected chi connectivity index (χ0v) is 18.6. The van der Waals surface area contributed by atoms with E-state index in [1.54, 1.807) is 24.3 Å². The maximum atomic E-state index is 13.1. The van der Waals surface area contributed by atoms with Crippen LogP contribution < -0.4 is 10.6 Å². The van der Waals surface area contributed by atoms with E-state index in [1.807, 2.05) is 13.8 Å². The molecule has 7 nitrogen and oxygen atoms in total. The Hall–Kier alpha value is -2.79. The quantitative estimate of drug-likeness (QED) is 0.480. The molecule has 0 aliphatic heterocycles. The minimum absolute atomic E-state index is 0.0507. The summed E-state index contributed by atoms with van der Waals surface area (Å²) in [7, 11) is 0. The summed E-state index contributed by atoms with van der Waals surface area (Å²) in [4.78, 5) is 24.8. The van der Waals surface area contributed by atoms with Gasteiger partial charge in [-0.25, -0.2) is 0 Å². The molecule has 12 heteroatoms. The number of thioether (sulfide) groups is 1. The van der Waals surface area contributed by atoms with Crippen molar-refractivity contribution in [1.82, 2.24) is 19.9 Å². The van der Waals surface area contributed by atoms with E-state index in [4.69, 9.17) is 11.6 Å². The Bertz CT molecular complexity index is 1150. The number of fused-ring (bicyclic) bond motifs is 1. The normalized spacial score (nSPS) is 11.7. The van der Waals surface area contributed by atoms with E-state index < -0.39 is 17.6 Å². The maximum Gasteiger partial charge on any atom is 0.417 e. The molecule has 2 N–H and O–H groups in total. The zero-order valence-electron chi connectivity index (χ0n) is 17.0. The molecule has 0 aliphatic carbocycles. The standard InChI is InChI=1S/C20H19ClF3N5O2S/c1-11(2)8-25-18(31)13-5-3-4-6-15(13)26-16(30)10-32-19-28-27-17-14(21)7-12(9-29(17)19)20(22,23)24/h3-7,9,11H,8,10H2,1-2H3,(H,25,31)(H,26,30). The molecule has 2 amide bonds. The molecule has 0 aliphatic rings. The molecule has 0 bridgehead atoms. The van der Waals surface area contributed by atoms with Crippen LogP contribution in [-0.2, 0) is 11.0 Å². The van der Waals surface area contributed by atoms with Crippen LogP contribution >= 0.6 is 23.4 Å². The van der Waals surface area contributed by atoms with Crippen molar-refractivity contribution < 1.29 is 22.8 Å². The summed E-state index contributed by atoms with van der Waals surface area (Å²) in [5.74, 6) is -0.688. The molecule has 0 saturated heterocycles. The highest BCUT2D eigenvalue weighted by atomic mass is 35.5. The lowest BCUT2D eigenvalue weighted by molar-refractivity contribution is -0.137. The first-order chi connectivity index (χ1) is 15.1. The number of hydrogen-bond acceptors (Lipinski definition) is 5. The molecule has 32 heavy (non-hydrogen) atoms. The van der Waals surface area contributed by atoms with E-state index in [1.165, 1.54) is 0 Å². The first kappa shape index (κ1) is 23.9. The highest BCUT2D eigenvalue weighted by Crippen LogP contribution is 2.33. The Kier molecular flexibility index (Phi) is 7.29. The molecule has 0 atom stereocenters. The van der Waals surface area contributed by atoms with Crippen LogP contribution in [0, 0.1) is 5.92 Å². The summed E-state index contributed by atoms with van der Waals surface area (Å²) in [5, 5.41) is 12.9. The second-order valence-electron chi connectivity index (χ2n) is 7.24. The van der Waals surface area contributed by atoms with Gasteiger partial charge in [0.2, 0.25) is 5.91 Å². The number of hydrogen-bond donors (Lipinski definition) is 2. The third kappa shape index (κ3) is 5.71. The molecule has 0 saturated carbocycles. The third-order valence-corrected chi connectivity index (χ3v) is 5.43. The summed E-state index contributed by atoms with van der Waals surface area (Å²) < 4.78 is 40.3. The summed E-state index contributed by atoms with van der Waals surface area (Å²) in [5.41, 5.74) is -0.272. The fourth-order valence-electron chi connectivity index (χ4n) is 2.69. The molecule has 2 aromatic heterocycles. The van der Waals surface area contributed by atoms with E-state index in [2.05, 4.69) is 20.8 Å². The lowest BCUT2D eigenvalue weighted by atomic mass is 10.1. The SMILES string of the molecule is CC(C)CNC(=O)c1ccccc1NC(=O)CSc1nnc2c(Cl)cc(C(F)(F)F)cn12. The van der Waals surface area contributed by atoms with Crippen molar-refractivity contribution in [2.24, 2.45) is 5.92 Å². The maximum absolute atomic E-state index is 13.1. The summed E-state index contributed by atoms with van der Waals surface area (Å²) in [6, 6.07) is 7.31. The molecular formula is C20H19ClF3N5O2S. The van der Waals surface area contributed by atoms with Crippen LogP contribution in [0.2, 0.25) is 5.02 Å². The molecule has 0 fully saturated rings. The third-order valence-electron chi connectivity index (χ3n) is 4.20. The van der Waals surface area contributed by atoms with E-state index in [-0.39, 0.29) is 33.4 Å². The van der Waals surface area contributed by atoms with Gasteiger partial charge in [-0.15, -0.1) is 10.2 Å². The predicted molar refractivity (Wildman–Crippen MR) is 116 cm³/mol. The molecule has 0 radical (unpaired) electrons. The monoisotopic (exact) mass is 485 g/mol. The van der Waals surface area contributed by atoms with Gasteiger partial charge in [0.25, 0.3) is 5.91 Å². The number of nitrogens with zero attached hydrogens (tertiary/aromatic N) is 3. The number of aromatic nitrogens is 3. The number of alkyl halides is 3. The number of nitrogens with one attached hydrogen (secondary N) is 2. The Balaban J connectivity index is 1.72. The van der Waals surface area contributed by atoms with E-state index >= 15 is 0 Å². The number of halogens is 4. The number of pyridine rings is 1. The van der Waals surface area contributed by atoms with Gasteiger partial charge in [0.05, 0.1) is 27.6 Å². The van der Waals surface area contributed by atoms with Crippen molar-refractivity contribution in [1.29, 1.82) is 0 Å². The first-order valence-electron chi connectivity index (χ1n) is 9.47. The van der Waals surface area contributed by atoms with Gasteiger partial charge >= 0.3 is 6.18 Å². The van der Waals surface area contributed by atoms with E-state index in [0.29, 0.717) is 17.8 Å². The van der Waals surface area contributed by atoms with Crippen molar-refractivity contribution in [3.8, 4) is 0 Å². The molecule has 3 rings (SSSR count). The Morgan fingerprint density at radius 2 is 1.94 bits per heavy atom. The van der Waals surface area contributed by atoms with Crippen molar-refractivity contribution >= 4 is 46.5 Å². The minimum Gasteiger partial charge on any atom is -0.352 e. The van der Waals surface area contributed by atoms with E-state index in [9.17, 15) is 22.8 Å². The Morgan fingerprint density at radius 1 is 1.22 bits per heavy atom. The van der Waals surface area contributed by atoms with Gasteiger partial charge in [-0.2, -0.15) is 13.2 Å². The lowest BCUT2D eigenvalue weighted by Gasteiger charge is -2.12. The van der Waals surface area contributed by atoms with E-state index in [0.717, 1.165) is 28.4 Å². The predicted octanol–water partition coefficient (Wildman–Crippen LogP) is 4.52. The average molecular weight is 486 g/mol. The smallest absolute Gasteiger partial charge is 0.352 e. The second-order valence-corrected chi connectivity index (χ2v) is 8.59. The summed E-state index contributed by atoms with van der Waals surface area (Å²) in [6.45, 7) is 4.41. The summed E-state index contributed by atoms with van der Waals surface area (Å²) in [6.07, 6.45) is -3.77. The van der Waals surface area contributed by atoms with Gasteiger partial charge in [0, 0.05) is 12.7 Å². The van der Waals surface area contributed by atoms with Crippen LogP contribution in [0.3, 0.4) is 0 Å². The lowest BCUT2D eigenvalue weighted by Crippen LogP contribution is -2.28. The average Bonchev–Trinajstić information content (AvgIpc) is 3.14. The molecule has 1 aromatic carbocycles. The number of benzene rings is 1. The number of amides is 2. The van der Waals surface area contributed by atoms with Crippen LogP contribution in [-0.4, -0.2) is 38.7 Å². The highest BCUT2D eigenvalue weighted by molar-refractivity contribution is 7.99. The van der Waals surface area contributed by atoms with Crippen molar-refractivity contribution in [3.05, 3.63) is 52.7 Å². The van der Waals surface area contributed by atoms with Crippen LogP contribution in [0.5, 0.6) is 0 Å². The first-order valence-corrected chi connectivity index (χ1v) is 10.8. The highest BCUT2D eigenvalue weighted by Gasteiger charge is 2.32. The van der Waals surface area contributed by atoms with Crippen molar-refractivity contribution in [3.63, 3.8) is 0 Å². The molecule has 0 unspecified atom stereocenters. The minimum atomic E-state index is -4.60. The number of carbonyl (C=O) groups excluding carboxylic acids is 2. The van der Waals surface area contributed by atoms with Gasteiger partial charge < -0.3 is 10.6 Å². The fraction of sp³-hybridized carbons (Fsp3) is 0.300. The largest absolute Gasteiger partial charge is 0.417 e. The Morgan fingerprint density at radius 3 is 2.62 bits per heavy atom. The molecule has 2 heterocycles.